The molecule has 0 aliphatic carbocycles. The van der Waals surface area contributed by atoms with E-state index < -0.39 is 6.10 Å². The van der Waals surface area contributed by atoms with E-state index in [4.69, 9.17) is 16.3 Å². The second-order valence-electron chi connectivity index (χ2n) is 4.18. The molecule has 0 spiro atoms. The summed E-state index contributed by atoms with van der Waals surface area (Å²) < 4.78 is 5.06. The molecule has 1 unspecified atom stereocenters. The molecule has 1 rings (SSSR count). The first-order valence-electron chi connectivity index (χ1n) is 6.44. The number of carbonyl (C=O) groups is 2. The van der Waals surface area contributed by atoms with Crippen LogP contribution in [0.3, 0.4) is 0 Å². The standard InChI is InChI=1S/C14H19ClN2O3/c1-4-12(20-3)14(19)17-9-6-7-11(15)10(8-9)13(18)16-5-2/h6-8,12H,4-5H2,1-3H3,(H,16,18)(H,17,19). The third-order valence-corrected chi connectivity index (χ3v) is 3.09. The van der Waals surface area contributed by atoms with E-state index in [0.29, 0.717) is 29.2 Å². The molecule has 0 heterocycles. The molecule has 0 aromatic heterocycles. The van der Waals surface area contributed by atoms with Gasteiger partial charge < -0.3 is 15.4 Å². The maximum Gasteiger partial charge on any atom is 0.253 e. The van der Waals surface area contributed by atoms with Crippen LogP contribution < -0.4 is 10.6 Å². The average Bonchev–Trinajstić information content (AvgIpc) is 2.42. The fourth-order valence-electron chi connectivity index (χ4n) is 1.71. The Balaban J connectivity index is 2.90. The number of hydrogen-bond acceptors (Lipinski definition) is 3. The molecule has 1 atom stereocenters. The van der Waals surface area contributed by atoms with E-state index in [1.54, 1.807) is 18.2 Å². The van der Waals surface area contributed by atoms with Crippen molar-refractivity contribution in [1.29, 1.82) is 0 Å². The van der Waals surface area contributed by atoms with E-state index in [1.165, 1.54) is 7.11 Å². The maximum atomic E-state index is 11.9. The van der Waals surface area contributed by atoms with E-state index in [0.717, 1.165) is 0 Å². The van der Waals surface area contributed by atoms with Crippen LogP contribution in [-0.4, -0.2) is 31.6 Å². The topological polar surface area (TPSA) is 67.4 Å². The van der Waals surface area contributed by atoms with Crippen molar-refractivity contribution in [2.45, 2.75) is 26.4 Å². The van der Waals surface area contributed by atoms with Gasteiger partial charge in [0.2, 0.25) is 0 Å². The van der Waals surface area contributed by atoms with Crippen molar-refractivity contribution in [3.8, 4) is 0 Å². The zero-order valence-electron chi connectivity index (χ0n) is 11.8. The number of methoxy groups -OCH3 is 1. The van der Waals surface area contributed by atoms with Gasteiger partial charge in [0, 0.05) is 19.3 Å². The zero-order chi connectivity index (χ0) is 15.1. The molecule has 6 heteroatoms. The van der Waals surface area contributed by atoms with Crippen molar-refractivity contribution in [2.75, 3.05) is 19.0 Å². The minimum Gasteiger partial charge on any atom is -0.372 e. The molecule has 0 saturated heterocycles. The van der Waals surface area contributed by atoms with E-state index in [2.05, 4.69) is 10.6 Å². The fraction of sp³-hybridized carbons (Fsp3) is 0.429. The third kappa shape index (κ3) is 4.21. The fourth-order valence-corrected chi connectivity index (χ4v) is 1.92. The van der Waals surface area contributed by atoms with Gasteiger partial charge >= 0.3 is 0 Å². The Morgan fingerprint density at radius 2 is 2.05 bits per heavy atom. The van der Waals surface area contributed by atoms with Gasteiger partial charge in [-0.2, -0.15) is 0 Å². The Labute approximate surface area is 123 Å². The second-order valence-corrected chi connectivity index (χ2v) is 4.58. The van der Waals surface area contributed by atoms with Gasteiger partial charge in [0.05, 0.1) is 10.6 Å². The van der Waals surface area contributed by atoms with Gasteiger partial charge in [0.15, 0.2) is 0 Å². The van der Waals surface area contributed by atoms with Crippen LogP contribution in [0.5, 0.6) is 0 Å². The first-order valence-corrected chi connectivity index (χ1v) is 6.82. The molecule has 0 saturated carbocycles. The Hall–Kier alpha value is -1.59. The summed E-state index contributed by atoms with van der Waals surface area (Å²) in [6, 6.07) is 4.77. The van der Waals surface area contributed by atoms with Gasteiger partial charge in [0.1, 0.15) is 6.10 Å². The quantitative estimate of drug-likeness (QED) is 0.848. The number of ether oxygens (including phenoxy) is 1. The van der Waals surface area contributed by atoms with Crippen molar-refractivity contribution in [2.24, 2.45) is 0 Å². The number of hydrogen-bond donors (Lipinski definition) is 2. The van der Waals surface area contributed by atoms with Crippen molar-refractivity contribution in [3.63, 3.8) is 0 Å². The number of nitrogens with one attached hydrogen (secondary N) is 2. The van der Waals surface area contributed by atoms with Gasteiger partial charge in [-0.15, -0.1) is 0 Å². The summed E-state index contributed by atoms with van der Waals surface area (Å²) in [5.41, 5.74) is 0.841. The van der Waals surface area contributed by atoms with Gasteiger partial charge in [-0.3, -0.25) is 9.59 Å². The van der Waals surface area contributed by atoms with Crippen LogP contribution in [0.4, 0.5) is 5.69 Å². The predicted octanol–water partition coefficient (Wildman–Crippen LogP) is 2.45. The summed E-state index contributed by atoms with van der Waals surface area (Å²) in [4.78, 5) is 23.7. The van der Waals surface area contributed by atoms with Crippen LogP contribution in [0.2, 0.25) is 5.02 Å². The number of halogens is 1. The Morgan fingerprint density at radius 1 is 1.35 bits per heavy atom. The lowest BCUT2D eigenvalue weighted by Crippen LogP contribution is -2.29. The van der Waals surface area contributed by atoms with Crippen molar-refractivity contribution in [3.05, 3.63) is 28.8 Å². The molecule has 0 radical (unpaired) electrons. The second kappa shape index (κ2) is 7.87. The molecule has 0 bridgehead atoms. The molecule has 2 N–H and O–H groups in total. The summed E-state index contributed by atoms with van der Waals surface area (Å²) in [5, 5.41) is 5.71. The summed E-state index contributed by atoms with van der Waals surface area (Å²) in [6.07, 6.45) is 0.0534. The van der Waals surface area contributed by atoms with E-state index >= 15 is 0 Å². The third-order valence-electron chi connectivity index (χ3n) is 2.76. The molecular formula is C14H19ClN2O3. The highest BCUT2D eigenvalue weighted by atomic mass is 35.5. The summed E-state index contributed by atoms with van der Waals surface area (Å²) in [6.45, 7) is 4.19. The van der Waals surface area contributed by atoms with Crippen molar-refractivity contribution in [1.82, 2.24) is 5.32 Å². The summed E-state index contributed by atoms with van der Waals surface area (Å²) in [7, 11) is 1.48. The zero-order valence-corrected chi connectivity index (χ0v) is 12.6. The molecule has 0 fully saturated rings. The first kappa shape index (κ1) is 16.5. The maximum absolute atomic E-state index is 11.9. The lowest BCUT2D eigenvalue weighted by Gasteiger charge is -2.14. The van der Waals surface area contributed by atoms with E-state index in [1.807, 2.05) is 13.8 Å². The van der Waals surface area contributed by atoms with Gasteiger partial charge in [-0.25, -0.2) is 0 Å². The first-order chi connectivity index (χ1) is 9.53. The van der Waals surface area contributed by atoms with E-state index in [9.17, 15) is 9.59 Å². The number of benzene rings is 1. The Bertz CT molecular complexity index is 487. The predicted molar refractivity (Wildman–Crippen MR) is 79.2 cm³/mol. The molecule has 1 aromatic rings. The molecule has 2 amide bonds. The summed E-state index contributed by atoms with van der Waals surface area (Å²) in [5.74, 6) is -0.522. The van der Waals surface area contributed by atoms with Crippen LogP contribution in [0, 0.1) is 0 Å². The highest BCUT2D eigenvalue weighted by Crippen LogP contribution is 2.21. The minimum atomic E-state index is -0.515. The number of anilines is 1. The highest BCUT2D eigenvalue weighted by Gasteiger charge is 2.17. The minimum absolute atomic E-state index is 0.251. The molecular weight excluding hydrogens is 280 g/mol. The number of rotatable bonds is 6. The van der Waals surface area contributed by atoms with Gasteiger partial charge in [-0.1, -0.05) is 18.5 Å². The Morgan fingerprint density at radius 3 is 2.60 bits per heavy atom. The molecule has 5 nitrogen and oxygen atoms in total. The molecule has 0 aliphatic rings. The van der Waals surface area contributed by atoms with Crippen LogP contribution in [0.1, 0.15) is 30.6 Å². The normalized spacial score (nSPS) is 11.8. The number of carbonyl (C=O) groups excluding carboxylic acids is 2. The van der Waals surface area contributed by atoms with Crippen LogP contribution in [-0.2, 0) is 9.53 Å². The smallest absolute Gasteiger partial charge is 0.253 e. The molecule has 20 heavy (non-hydrogen) atoms. The lowest BCUT2D eigenvalue weighted by atomic mass is 10.1. The van der Waals surface area contributed by atoms with Crippen LogP contribution in [0.15, 0.2) is 18.2 Å². The van der Waals surface area contributed by atoms with Crippen LogP contribution in [0.25, 0.3) is 0 Å². The molecule has 0 aliphatic heterocycles. The van der Waals surface area contributed by atoms with Crippen molar-refractivity contribution < 1.29 is 14.3 Å². The molecule has 1 aromatic carbocycles. The van der Waals surface area contributed by atoms with Crippen molar-refractivity contribution >= 4 is 29.1 Å². The monoisotopic (exact) mass is 298 g/mol. The van der Waals surface area contributed by atoms with E-state index in [-0.39, 0.29) is 11.8 Å². The average molecular weight is 299 g/mol. The molecule has 110 valence electrons. The lowest BCUT2D eigenvalue weighted by molar-refractivity contribution is -0.125. The van der Waals surface area contributed by atoms with Crippen LogP contribution >= 0.6 is 11.6 Å². The van der Waals surface area contributed by atoms with Gasteiger partial charge in [-0.05, 0) is 31.5 Å². The summed E-state index contributed by atoms with van der Waals surface area (Å²) >= 11 is 5.98. The van der Waals surface area contributed by atoms with Gasteiger partial charge in [0.25, 0.3) is 11.8 Å². The largest absolute Gasteiger partial charge is 0.372 e. The highest BCUT2D eigenvalue weighted by molar-refractivity contribution is 6.34. The Kier molecular flexibility index (Phi) is 6.48. The SMILES string of the molecule is CCNC(=O)c1cc(NC(=O)C(CC)OC)ccc1Cl. The number of amides is 2.